The van der Waals surface area contributed by atoms with Crippen molar-refractivity contribution in [3.8, 4) is 0 Å². The molecule has 1 aromatic rings. The summed E-state index contributed by atoms with van der Waals surface area (Å²) in [7, 11) is 0. The van der Waals surface area contributed by atoms with Gasteiger partial charge in [0.1, 0.15) is 0 Å². The minimum absolute atomic E-state index is 0. The van der Waals surface area contributed by atoms with E-state index >= 15 is 0 Å². The third-order valence-corrected chi connectivity index (χ3v) is 4.04. The largest absolute Gasteiger partial charge is 0.352 e. The zero-order valence-corrected chi connectivity index (χ0v) is 14.6. The van der Waals surface area contributed by atoms with E-state index in [1.807, 2.05) is 24.3 Å². The predicted molar refractivity (Wildman–Crippen MR) is 94.9 cm³/mol. The molecule has 0 aliphatic carbocycles. The third kappa shape index (κ3) is 5.31. The predicted octanol–water partition coefficient (Wildman–Crippen LogP) is 3.54. The minimum Gasteiger partial charge on any atom is -0.352 e. The van der Waals surface area contributed by atoms with Gasteiger partial charge in [-0.1, -0.05) is 49.2 Å². The summed E-state index contributed by atoms with van der Waals surface area (Å²) in [6.07, 6.45) is 3.16. The molecule has 3 nitrogen and oxygen atoms in total. The average molecular weight is 343 g/mol. The summed E-state index contributed by atoms with van der Waals surface area (Å²) in [5.41, 5.74) is 2.28. The Labute approximate surface area is 143 Å². The Morgan fingerprint density at radius 3 is 2.77 bits per heavy atom. The smallest absolute Gasteiger partial charge is 0.228 e. The second kappa shape index (κ2) is 9.19. The first kappa shape index (κ1) is 19.0. The van der Waals surface area contributed by atoms with Gasteiger partial charge in [0.25, 0.3) is 0 Å². The van der Waals surface area contributed by atoms with Crippen molar-refractivity contribution in [3.05, 3.63) is 46.5 Å². The SMILES string of the molecule is CC(C)C(C(=O)NCC1=CCNCC1)c1cccc(Cl)c1.Cl. The number of halogens is 2. The lowest BCUT2D eigenvalue weighted by atomic mass is 9.87. The van der Waals surface area contributed by atoms with Gasteiger partial charge in [0, 0.05) is 18.1 Å². The van der Waals surface area contributed by atoms with E-state index in [1.165, 1.54) is 5.57 Å². The Morgan fingerprint density at radius 1 is 1.41 bits per heavy atom. The fourth-order valence-corrected chi connectivity index (χ4v) is 2.88. The molecule has 1 aliphatic rings. The van der Waals surface area contributed by atoms with Gasteiger partial charge in [-0.05, 0) is 36.6 Å². The first-order valence-corrected chi connectivity index (χ1v) is 7.87. The Balaban J connectivity index is 0.00000242. The van der Waals surface area contributed by atoms with Crippen molar-refractivity contribution in [2.24, 2.45) is 5.92 Å². The summed E-state index contributed by atoms with van der Waals surface area (Å²) in [5, 5.41) is 7.02. The highest BCUT2D eigenvalue weighted by molar-refractivity contribution is 6.30. The summed E-state index contributed by atoms with van der Waals surface area (Å²) in [4.78, 5) is 12.5. The van der Waals surface area contributed by atoms with Crippen molar-refractivity contribution >= 4 is 29.9 Å². The fraction of sp³-hybridized carbons (Fsp3) is 0.471. The van der Waals surface area contributed by atoms with Crippen molar-refractivity contribution < 1.29 is 4.79 Å². The summed E-state index contributed by atoms with van der Waals surface area (Å²) in [5.74, 6) is 0.142. The summed E-state index contributed by atoms with van der Waals surface area (Å²) < 4.78 is 0. The molecule has 1 atom stereocenters. The van der Waals surface area contributed by atoms with Gasteiger partial charge in [0.05, 0.1) is 5.92 Å². The van der Waals surface area contributed by atoms with E-state index in [1.54, 1.807) is 0 Å². The Hall–Kier alpha value is -1.03. The third-order valence-electron chi connectivity index (χ3n) is 3.80. The molecule has 0 fully saturated rings. The lowest BCUT2D eigenvalue weighted by Crippen LogP contribution is -2.34. The van der Waals surface area contributed by atoms with E-state index in [-0.39, 0.29) is 30.2 Å². The molecule has 1 heterocycles. The highest BCUT2D eigenvalue weighted by Crippen LogP contribution is 2.26. The first-order chi connectivity index (χ1) is 10.1. The van der Waals surface area contributed by atoms with Crippen molar-refractivity contribution in [1.29, 1.82) is 0 Å². The van der Waals surface area contributed by atoms with Crippen molar-refractivity contribution in [3.63, 3.8) is 0 Å². The van der Waals surface area contributed by atoms with Crippen molar-refractivity contribution in [2.45, 2.75) is 26.2 Å². The zero-order valence-electron chi connectivity index (χ0n) is 13.1. The molecule has 1 aromatic carbocycles. The van der Waals surface area contributed by atoms with Gasteiger partial charge < -0.3 is 10.6 Å². The van der Waals surface area contributed by atoms with Gasteiger partial charge in [-0.2, -0.15) is 0 Å². The van der Waals surface area contributed by atoms with Gasteiger partial charge in [-0.15, -0.1) is 12.4 Å². The minimum atomic E-state index is -0.161. The molecule has 2 rings (SSSR count). The summed E-state index contributed by atoms with van der Waals surface area (Å²) in [6, 6.07) is 7.59. The molecule has 1 unspecified atom stereocenters. The van der Waals surface area contributed by atoms with Crippen LogP contribution in [-0.4, -0.2) is 25.5 Å². The van der Waals surface area contributed by atoms with Crippen molar-refractivity contribution in [2.75, 3.05) is 19.6 Å². The highest BCUT2D eigenvalue weighted by atomic mass is 35.5. The zero-order chi connectivity index (χ0) is 15.2. The quantitative estimate of drug-likeness (QED) is 0.803. The van der Waals surface area contributed by atoms with Crippen LogP contribution in [0.25, 0.3) is 0 Å². The number of rotatable bonds is 5. The molecule has 1 amide bonds. The summed E-state index contributed by atoms with van der Waals surface area (Å²) >= 11 is 6.05. The van der Waals surface area contributed by atoms with E-state index in [2.05, 4.69) is 30.6 Å². The van der Waals surface area contributed by atoms with Crippen LogP contribution in [-0.2, 0) is 4.79 Å². The molecule has 0 saturated carbocycles. The molecular formula is C17H24Cl2N2O. The molecule has 0 spiro atoms. The second-order valence-electron chi connectivity index (χ2n) is 5.81. The number of hydrogen-bond donors (Lipinski definition) is 2. The van der Waals surface area contributed by atoms with Gasteiger partial charge >= 0.3 is 0 Å². The van der Waals surface area contributed by atoms with Crippen LogP contribution in [0, 0.1) is 5.92 Å². The van der Waals surface area contributed by atoms with Crippen LogP contribution in [0.3, 0.4) is 0 Å². The van der Waals surface area contributed by atoms with Crippen molar-refractivity contribution in [1.82, 2.24) is 10.6 Å². The molecule has 2 N–H and O–H groups in total. The maximum atomic E-state index is 12.5. The Morgan fingerprint density at radius 2 is 2.18 bits per heavy atom. The fourth-order valence-electron chi connectivity index (χ4n) is 2.68. The first-order valence-electron chi connectivity index (χ1n) is 7.49. The number of hydrogen-bond acceptors (Lipinski definition) is 2. The monoisotopic (exact) mass is 342 g/mol. The molecule has 122 valence electrons. The number of amides is 1. The Bertz CT molecular complexity index is 529. The van der Waals surface area contributed by atoms with Crippen LogP contribution in [0.5, 0.6) is 0 Å². The maximum Gasteiger partial charge on any atom is 0.228 e. The molecule has 0 aromatic heterocycles. The lowest BCUT2D eigenvalue weighted by molar-refractivity contribution is -0.123. The van der Waals surface area contributed by atoms with Crippen LogP contribution in [0.2, 0.25) is 5.02 Å². The standard InChI is InChI=1S/C17H23ClN2O.ClH/c1-12(2)16(14-4-3-5-15(18)10-14)17(21)20-11-13-6-8-19-9-7-13;/h3-6,10,12,16,19H,7-9,11H2,1-2H3,(H,20,21);1H. The average Bonchev–Trinajstić information content (AvgIpc) is 2.46. The number of benzene rings is 1. The maximum absolute atomic E-state index is 12.5. The second-order valence-corrected chi connectivity index (χ2v) is 6.25. The lowest BCUT2D eigenvalue weighted by Gasteiger charge is -2.22. The molecular weight excluding hydrogens is 319 g/mol. The highest BCUT2D eigenvalue weighted by Gasteiger charge is 2.24. The van der Waals surface area contributed by atoms with Gasteiger partial charge in [0.2, 0.25) is 5.91 Å². The van der Waals surface area contributed by atoms with Gasteiger partial charge in [-0.25, -0.2) is 0 Å². The normalized spacial score (nSPS) is 15.7. The molecule has 22 heavy (non-hydrogen) atoms. The molecule has 0 bridgehead atoms. The van der Waals surface area contributed by atoms with E-state index in [9.17, 15) is 4.79 Å². The van der Waals surface area contributed by atoms with Gasteiger partial charge in [-0.3, -0.25) is 4.79 Å². The van der Waals surface area contributed by atoms with Crippen LogP contribution in [0.4, 0.5) is 0 Å². The van der Waals surface area contributed by atoms with E-state index in [0.717, 1.165) is 25.1 Å². The van der Waals surface area contributed by atoms with Crippen LogP contribution >= 0.6 is 24.0 Å². The number of carbonyl (C=O) groups is 1. The topological polar surface area (TPSA) is 41.1 Å². The number of nitrogens with one attached hydrogen (secondary N) is 2. The molecule has 0 saturated heterocycles. The van der Waals surface area contributed by atoms with E-state index in [0.29, 0.717) is 11.6 Å². The van der Waals surface area contributed by atoms with Crippen LogP contribution in [0.1, 0.15) is 31.7 Å². The Kier molecular flexibility index (Phi) is 7.94. The summed E-state index contributed by atoms with van der Waals surface area (Å²) in [6.45, 7) is 6.66. The molecule has 1 aliphatic heterocycles. The number of carbonyl (C=O) groups excluding carboxylic acids is 1. The van der Waals surface area contributed by atoms with E-state index in [4.69, 9.17) is 11.6 Å². The molecule has 0 radical (unpaired) electrons. The van der Waals surface area contributed by atoms with Crippen LogP contribution in [0.15, 0.2) is 35.9 Å². The van der Waals surface area contributed by atoms with E-state index < -0.39 is 0 Å². The van der Waals surface area contributed by atoms with Gasteiger partial charge in [0.15, 0.2) is 0 Å². The molecule has 5 heteroatoms. The van der Waals surface area contributed by atoms with Crippen LogP contribution < -0.4 is 10.6 Å².